The van der Waals surface area contributed by atoms with Gasteiger partial charge in [-0.1, -0.05) is 30.0 Å². The molecule has 0 fully saturated rings. The molecule has 0 unspecified atom stereocenters. The molecule has 4 rings (SSSR count). The lowest BCUT2D eigenvalue weighted by molar-refractivity contribution is 0.318. The van der Waals surface area contributed by atoms with E-state index in [1.165, 1.54) is 23.3 Å². The summed E-state index contributed by atoms with van der Waals surface area (Å²) in [5, 5.41) is 1.55. The Morgan fingerprint density at radius 1 is 1.20 bits per heavy atom. The predicted octanol–water partition coefficient (Wildman–Crippen LogP) is 4.42. The van der Waals surface area contributed by atoms with Crippen molar-refractivity contribution in [2.75, 3.05) is 12.4 Å². The maximum absolute atomic E-state index is 12.5. The summed E-state index contributed by atoms with van der Waals surface area (Å²) < 4.78 is 5.69. The SMILES string of the molecule is O=c1[nH]c(SCCCOc2ccccc2)nc2sc3c(c12)CCCC3. The second-order valence-corrected chi connectivity index (χ2v) is 8.29. The van der Waals surface area contributed by atoms with Gasteiger partial charge in [0, 0.05) is 10.6 Å². The van der Waals surface area contributed by atoms with Crippen molar-refractivity contribution in [3.63, 3.8) is 0 Å². The van der Waals surface area contributed by atoms with Crippen LogP contribution in [0.2, 0.25) is 0 Å². The minimum Gasteiger partial charge on any atom is -0.494 e. The second-order valence-electron chi connectivity index (χ2n) is 6.13. The van der Waals surface area contributed by atoms with Gasteiger partial charge in [0.1, 0.15) is 10.6 Å². The number of hydrogen-bond acceptors (Lipinski definition) is 5. The minimum atomic E-state index is 0.0208. The number of aromatic nitrogens is 2. The summed E-state index contributed by atoms with van der Waals surface area (Å²) in [7, 11) is 0. The molecule has 0 radical (unpaired) electrons. The highest BCUT2D eigenvalue weighted by atomic mass is 32.2. The smallest absolute Gasteiger partial charge is 0.260 e. The Labute approximate surface area is 154 Å². The van der Waals surface area contributed by atoms with Gasteiger partial charge < -0.3 is 9.72 Å². The highest BCUT2D eigenvalue weighted by Crippen LogP contribution is 2.34. The Bertz CT molecular complexity index is 918. The maximum atomic E-state index is 12.5. The monoisotopic (exact) mass is 372 g/mol. The zero-order chi connectivity index (χ0) is 17.1. The third-order valence-corrected chi connectivity index (χ3v) is 6.49. The van der Waals surface area contributed by atoms with Crippen LogP contribution < -0.4 is 10.3 Å². The number of para-hydroxylation sites is 1. The average molecular weight is 373 g/mol. The number of benzene rings is 1. The van der Waals surface area contributed by atoms with E-state index in [1.54, 1.807) is 23.1 Å². The Kier molecular flexibility index (Phi) is 5.08. The van der Waals surface area contributed by atoms with Crippen LogP contribution in [0.4, 0.5) is 0 Å². The molecule has 0 atom stereocenters. The molecular weight excluding hydrogens is 352 g/mol. The summed E-state index contributed by atoms with van der Waals surface area (Å²) in [5.74, 6) is 1.76. The van der Waals surface area contributed by atoms with Crippen LogP contribution in [0.25, 0.3) is 10.2 Å². The summed E-state index contributed by atoms with van der Waals surface area (Å²) in [6.45, 7) is 0.663. The number of aromatic amines is 1. The highest BCUT2D eigenvalue weighted by molar-refractivity contribution is 7.99. The number of ether oxygens (including phenoxy) is 1. The average Bonchev–Trinajstić information content (AvgIpc) is 3.01. The van der Waals surface area contributed by atoms with E-state index in [-0.39, 0.29) is 5.56 Å². The first-order chi connectivity index (χ1) is 12.3. The Hall–Kier alpha value is -1.79. The fourth-order valence-corrected chi connectivity index (χ4v) is 5.24. The number of H-pyrrole nitrogens is 1. The third-order valence-electron chi connectivity index (χ3n) is 4.34. The molecule has 1 N–H and O–H groups in total. The molecule has 0 saturated carbocycles. The molecule has 0 aliphatic heterocycles. The van der Waals surface area contributed by atoms with E-state index in [0.29, 0.717) is 6.61 Å². The van der Waals surface area contributed by atoms with Crippen molar-refractivity contribution in [3.05, 3.63) is 51.1 Å². The van der Waals surface area contributed by atoms with E-state index in [9.17, 15) is 4.79 Å². The summed E-state index contributed by atoms with van der Waals surface area (Å²) in [5.41, 5.74) is 1.26. The van der Waals surface area contributed by atoms with E-state index in [2.05, 4.69) is 9.97 Å². The van der Waals surface area contributed by atoms with Gasteiger partial charge in [-0.25, -0.2) is 4.98 Å². The van der Waals surface area contributed by atoms with Crippen molar-refractivity contribution >= 4 is 33.3 Å². The van der Waals surface area contributed by atoms with E-state index in [1.807, 2.05) is 30.3 Å². The molecule has 1 aliphatic carbocycles. The standard InChI is InChI=1S/C19H20N2O2S2/c22-17-16-14-9-4-5-10-15(14)25-18(16)21-19(20-17)24-12-6-11-23-13-7-2-1-3-8-13/h1-3,7-8H,4-6,9-12H2,(H,20,21,22). The van der Waals surface area contributed by atoms with Gasteiger partial charge in [0.05, 0.1) is 12.0 Å². The van der Waals surface area contributed by atoms with Crippen LogP contribution in [0.15, 0.2) is 40.3 Å². The molecule has 1 aliphatic rings. The van der Waals surface area contributed by atoms with E-state index >= 15 is 0 Å². The van der Waals surface area contributed by atoms with Crippen LogP contribution in [-0.4, -0.2) is 22.3 Å². The van der Waals surface area contributed by atoms with Crippen molar-refractivity contribution in [2.24, 2.45) is 0 Å². The fourth-order valence-electron chi connectivity index (χ4n) is 3.15. The quantitative estimate of drug-likeness (QED) is 0.395. The highest BCUT2D eigenvalue weighted by Gasteiger charge is 2.19. The Morgan fingerprint density at radius 2 is 2.04 bits per heavy atom. The number of fused-ring (bicyclic) bond motifs is 3. The number of aryl methyl sites for hydroxylation is 2. The van der Waals surface area contributed by atoms with Crippen LogP contribution in [0.1, 0.15) is 29.7 Å². The molecule has 0 bridgehead atoms. The molecule has 6 heteroatoms. The molecule has 0 spiro atoms. The number of thioether (sulfide) groups is 1. The molecule has 4 nitrogen and oxygen atoms in total. The van der Waals surface area contributed by atoms with Gasteiger partial charge in [0.15, 0.2) is 5.16 Å². The number of rotatable bonds is 6. The van der Waals surface area contributed by atoms with Crippen molar-refractivity contribution in [2.45, 2.75) is 37.3 Å². The van der Waals surface area contributed by atoms with Crippen LogP contribution in [0.5, 0.6) is 5.75 Å². The molecule has 2 heterocycles. The molecule has 130 valence electrons. The molecule has 25 heavy (non-hydrogen) atoms. The summed E-state index contributed by atoms with van der Waals surface area (Å²) in [6.07, 6.45) is 5.41. The van der Waals surface area contributed by atoms with Gasteiger partial charge in [0.2, 0.25) is 0 Å². The lowest BCUT2D eigenvalue weighted by Gasteiger charge is -2.09. The fraction of sp³-hybridized carbons (Fsp3) is 0.368. The lowest BCUT2D eigenvalue weighted by Crippen LogP contribution is -2.11. The second kappa shape index (κ2) is 7.62. The summed E-state index contributed by atoms with van der Waals surface area (Å²) >= 11 is 3.29. The van der Waals surface area contributed by atoms with Gasteiger partial charge >= 0.3 is 0 Å². The summed E-state index contributed by atoms with van der Waals surface area (Å²) in [4.78, 5) is 22.4. The molecular formula is C19H20N2O2S2. The molecule has 0 amide bonds. The first-order valence-electron chi connectivity index (χ1n) is 8.66. The number of nitrogens with one attached hydrogen (secondary N) is 1. The topological polar surface area (TPSA) is 55.0 Å². The molecule has 3 aromatic rings. The van der Waals surface area contributed by atoms with Crippen molar-refractivity contribution in [3.8, 4) is 5.75 Å². The largest absolute Gasteiger partial charge is 0.494 e. The molecule has 1 aromatic carbocycles. The van der Waals surface area contributed by atoms with Gasteiger partial charge in [-0.2, -0.15) is 0 Å². The zero-order valence-electron chi connectivity index (χ0n) is 13.9. The van der Waals surface area contributed by atoms with Gasteiger partial charge in [-0.15, -0.1) is 11.3 Å². The van der Waals surface area contributed by atoms with Gasteiger partial charge in [-0.05, 0) is 49.8 Å². The van der Waals surface area contributed by atoms with Crippen molar-refractivity contribution < 1.29 is 4.74 Å². The van der Waals surface area contributed by atoms with Crippen LogP contribution >= 0.6 is 23.1 Å². The minimum absolute atomic E-state index is 0.0208. The van der Waals surface area contributed by atoms with E-state index in [4.69, 9.17) is 4.74 Å². The Balaban J connectivity index is 1.38. The van der Waals surface area contributed by atoms with Crippen LogP contribution in [-0.2, 0) is 12.8 Å². The van der Waals surface area contributed by atoms with Gasteiger partial charge in [0.25, 0.3) is 5.56 Å². The lowest BCUT2D eigenvalue weighted by atomic mass is 9.97. The first-order valence-corrected chi connectivity index (χ1v) is 10.5. The normalized spacial score (nSPS) is 13.8. The predicted molar refractivity (Wildman–Crippen MR) is 104 cm³/mol. The van der Waals surface area contributed by atoms with Gasteiger partial charge in [-0.3, -0.25) is 4.79 Å². The van der Waals surface area contributed by atoms with Crippen molar-refractivity contribution in [1.29, 1.82) is 0 Å². The Morgan fingerprint density at radius 3 is 2.92 bits per heavy atom. The van der Waals surface area contributed by atoms with Crippen LogP contribution in [0, 0.1) is 0 Å². The van der Waals surface area contributed by atoms with Crippen LogP contribution in [0.3, 0.4) is 0 Å². The van der Waals surface area contributed by atoms with E-state index < -0.39 is 0 Å². The van der Waals surface area contributed by atoms with E-state index in [0.717, 1.165) is 46.1 Å². The number of hydrogen-bond donors (Lipinski definition) is 1. The third kappa shape index (κ3) is 3.75. The number of thiophene rings is 1. The maximum Gasteiger partial charge on any atom is 0.260 e. The number of nitrogens with zero attached hydrogens (tertiary/aromatic N) is 1. The summed E-state index contributed by atoms with van der Waals surface area (Å²) in [6, 6.07) is 9.82. The zero-order valence-corrected chi connectivity index (χ0v) is 15.5. The van der Waals surface area contributed by atoms with Crippen molar-refractivity contribution in [1.82, 2.24) is 9.97 Å². The first kappa shape index (κ1) is 16.7. The molecule has 2 aromatic heterocycles. The molecule has 0 saturated heterocycles.